The third-order valence-electron chi connectivity index (χ3n) is 3.73. The number of carbonyl (C=O) groups is 1. The molecule has 3 aromatic rings. The van der Waals surface area contributed by atoms with Crippen LogP contribution >= 0.6 is 0 Å². The molecular weight excluding hydrogens is 292 g/mol. The molecule has 1 aromatic carbocycles. The number of methoxy groups -OCH3 is 1. The second-order valence-electron chi connectivity index (χ2n) is 5.17. The fraction of sp³-hybridized carbons (Fsp3) is 0.222. The maximum absolute atomic E-state index is 12.5. The van der Waals surface area contributed by atoms with Crippen LogP contribution in [0.1, 0.15) is 22.8 Å². The van der Waals surface area contributed by atoms with Crippen LogP contribution in [-0.2, 0) is 4.74 Å². The van der Waals surface area contributed by atoms with Crippen molar-refractivity contribution in [2.75, 3.05) is 13.7 Å². The number of ether oxygens (including phenoxy) is 2. The Morgan fingerprint density at radius 2 is 2.00 bits per heavy atom. The number of benzene rings is 1. The summed E-state index contributed by atoms with van der Waals surface area (Å²) in [6.45, 7) is 4.03. The van der Waals surface area contributed by atoms with E-state index in [1.807, 2.05) is 48.0 Å². The van der Waals surface area contributed by atoms with Crippen LogP contribution in [0.15, 0.2) is 42.9 Å². The first-order chi connectivity index (χ1) is 11.2. The molecule has 3 rings (SSSR count). The molecule has 0 saturated heterocycles. The van der Waals surface area contributed by atoms with Crippen molar-refractivity contribution in [3.8, 4) is 16.9 Å². The van der Waals surface area contributed by atoms with E-state index in [4.69, 9.17) is 9.47 Å². The Bertz CT molecular complexity index is 851. The summed E-state index contributed by atoms with van der Waals surface area (Å²) in [5.74, 6) is 0.430. The molecule has 0 aliphatic heterocycles. The largest absolute Gasteiger partial charge is 0.497 e. The van der Waals surface area contributed by atoms with Gasteiger partial charge in [0.1, 0.15) is 11.4 Å². The molecule has 0 bridgehead atoms. The van der Waals surface area contributed by atoms with Gasteiger partial charge in [-0.2, -0.15) is 0 Å². The number of esters is 1. The average Bonchev–Trinajstić information content (AvgIpc) is 3.01. The SMILES string of the molecule is CCOC(=O)c1c(C)cn2ccnc2c1-c1ccc(OC)cc1. The lowest BCUT2D eigenvalue weighted by molar-refractivity contribution is 0.0526. The highest BCUT2D eigenvalue weighted by atomic mass is 16.5. The second kappa shape index (κ2) is 6.12. The third-order valence-corrected chi connectivity index (χ3v) is 3.73. The van der Waals surface area contributed by atoms with Crippen LogP contribution in [0.2, 0.25) is 0 Å². The summed E-state index contributed by atoms with van der Waals surface area (Å²) in [5.41, 5.74) is 3.80. The van der Waals surface area contributed by atoms with Gasteiger partial charge >= 0.3 is 5.97 Å². The van der Waals surface area contributed by atoms with Gasteiger partial charge in [-0.25, -0.2) is 9.78 Å². The predicted octanol–water partition coefficient (Wildman–Crippen LogP) is 3.50. The monoisotopic (exact) mass is 310 g/mol. The fourth-order valence-electron chi connectivity index (χ4n) is 2.69. The van der Waals surface area contributed by atoms with Crippen LogP contribution in [0.4, 0.5) is 0 Å². The van der Waals surface area contributed by atoms with E-state index in [1.165, 1.54) is 0 Å². The highest BCUT2D eigenvalue weighted by molar-refractivity contribution is 6.02. The van der Waals surface area contributed by atoms with Gasteiger partial charge in [-0.3, -0.25) is 0 Å². The first-order valence-corrected chi connectivity index (χ1v) is 7.43. The number of hydrogen-bond acceptors (Lipinski definition) is 4. The fourth-order valence-corrected chi connectivity index (χ4v) is 2.69. The molecule has 5 nitrogen and oxygen atoms in total. The van der Waals surface area contributed by atoms with E-state index in [9.17, 15) is 4.79 Å². The van der Waals surface area contributed by atoms with Crippen LogP contribution < -0.4 is 4.74 Å². The molecule has 0 N–H and O–H groups in total. The van der Waals surface area contributed by atoms with Crippen LogP contribution in [0.25, 0.3) is 16.8 Å². The van der Waals surface area contributed by atoms with Crippen molar-refractivity contribution < 1.29 is 14.3 Å². The number of aryl methyl sites for hydroxylation is 1. The van der Waals surface area contributed by atoms with Crippen LogP contribution in [0.5, 0.6) is 5.75 Å². The number of imidazole rings is 1. The lowest BCUT2D eigenvalue weighted by Gasteiger charge is -2.14. The molecule has 0 aliphatic rings. The maximum atomic E-state index is 12.5. The van der Waals surface area contributed by atoms with Gasteiger partial charge in [-0.15, -0.1) is 0 Å². The molecule has 5 heteroatoms. The molecule has 0 fully saturated rings. The zero-order valence-corrected chi connectivity index (χ0v) is 13.4. The summed E-state index contributed by atoms with van der Waals surface area (Å²) in [4.78, 5) is 16.9. The van der Waals surface area contributed by atoms with Gasteiger partial charge in [-0.1, -0.05) is 12.1 Å². The smallest absolute Gasteiger partial charge is 0.339 e. The molecule has 0 spiro atoms. The minimum atomic E-state index is -0.332. The van der Waals surface area contributed by atoms with Gasteiger partial charge in [0, 0.05) is 24.2 Å². The summed E-state index contributed by atoms with van der Waals surface area (Å²) >= 11 is 0. The Morgan fingerprint density at radius 3 is 2.65 bits per heavy atom. The zero-order valence-electron chi connectivity index (χ0n) is 13.4. The Labute approximate surface area is 134 Å². The number of pyridine rings is 1. The van der Waals surface area contributed by atoms with Crippen molar-refractivity contribution in [1.29, 1.82) is 0 Å². The Morgan fingerprint density at radius 1 is 1.26 bits per heavy atom. The van der Waals surface area contributed by atoms with Crippen LogP contribution in [0.3, 0.4) is 0 Å². The van der Waals surface area contributed by atoms with Crippen LogP contribution in [0, 0.1) is 6.92 Å². The van der Waals surface area contributed by atoms with E-state index in [0.29, 0.717) is 12.2 Å². The standard InChI is InChI=1S/C18H18N2O3/c1-4-23-18(21)15-12(2)11-20-10-9-19-17(20)16(15)13-5-7-14(22-3)8-6-13/h5-11H,4H2,1-3H3. The molecule has 0 aliphatic carbocycles. The number of aromatic nitrogens is 2. The van der Waals surface area contributed by atoms with Crippen molar-refractivity contribution in [1.82, 2.24) is 9.38 Å². The molecule has 118 valence electrons. The second-order valence-corrected chi connectivity index (χ2v) is 5.17. The van der Waals surface area contributed by atoms with E-state index in [0.717, 1.165) is 28.1 Å². The van der Waals surface area contributed by atoms with Crippen molar-refractivity contribution in [3.63, 3.8) is 0 Å². The quantitative estimate of drug-likeness (QED) is 0.692. The molecule has 2 heterocycles. The summed E-state index contributed by atoms with van der Waals surface area (Å²) < 4.78 is 12.4. The summed E-state index contributed by atoms with van der Waals surface area (Å²) in [6.07, 6.45) is 5.47. The molecule has 0 atom stereocenters. The lowest BCUT2D eigenvalue weighted by atomic mass is 9.97. The van der Waals surface area contributed by atoms with Crippen molar-refractivity contribution >= 4 is 11.6 Å². The number of fused-ring (bicyclic) bond motifs is 1. The Kier molecular flexibility index (Phi) is 4.02. The zero-order chi connectivity index (χ0) is 16.4. The molecule has 0 unspecified atom stereocenters. The molecule has 0 radical (unpaired) electrons. The van der Waals surface area contributed by atoms with Crippen molar-refractivity contribution in [2.24, 2.45) is 0 Å². The number of rotatable bonds is 4. The molecule has 23 heavy (non-hydrogen) atoms. The first kappa shape index (κ1) is 15.1. The van der Waals surface area contributed by atoms with E-state index in [2.05, 4.69) is 4.98 Å². The van der Waals surface area contributed by atoms with Crippen LogP contribution in [-0.4, -0.2) is 29.1 Å². The van der Waals surface area contributed by atoms with Gasteiger partial charge in [0.05, 0.1) is 19.3 Å². The van der Waals surface area contributed by atoms with Gasteiger partial charge in [-0.05, 0) is 37.1 Å². The third kappa shape index (κ3) is 2.65. The highest BCUT2D eigenvalue weighted by Gasteiger charge is 2.21. The highest BCUT2D eigenvalue weighted by Crippen LogP contribution is 2.32. The Balaban J connectivity index is 2.28. The minimum Gasteiger partial charge on any atom is -0.497 e. The van der Waals surface area contributed by atoms with E-state index >= 15 is 0 Å². The first-order valence-electron chi connectivity index (χ1n) is 7.43. The van der Waals surface area contributed by atoms with E-state index in [1.54, 1.807) is 20.2 Å². The van der Waals surface area contributed by atoms with Gasteiger partial charge in [0.25, 0.3) is 0 Å². The normalized spacial score (nSPS) is 10.7. The predicted molar refractivity (Wildman–Crippen MR) is 87.9 cm³/mol. The summed E-state index contributed by atoms with van der Waals surface area (Å²) in [6, 6.07) is 7.58. The van der Waals surface area contributed by atoms with E-state index < -0.39 is 0 Å². The molecular formula is C18H18N2O3. The van der Waals surface area contributed by atoms with Gasteiger partial charge in [0.15, 0.2) is 0 Å². The van der Waals surface area contributed by atoms with Crippen molar-refractivity contribution in [3.05, 3.63) is 54.0 Å². The number of nitrogens with zero attached hydrogens (tertiary/aromatic N) is 2. The van der Waals surface area contributed by atoms with Gasteiger partial charge < -0.3 is 13.9 Å². The molecule has 0 amide bonds. The minimum absolute atomic E-state index is 0.332. The molecule has 0 saturated carbocycles. The summed E-state index contributed by atoms with van der Waals surface area (Å²) in [7, 11) is 1.62. The van der Waals surface area contributed by atoms with Gasteiger partial charge in [0.2, 0.25) is 0 Å². The van der Waals surface area contributed by atoms with Crippen molar-refractivity contribution in [2.45, 2.75) is 13.8 Å². The number of carbonyl (C=O) groups excluding carboxylic acids is 1. The molecule has 2 aromatic heterocycles. The lowest BCUT2D eigenvalue weighted by Crippen LogP contribution is -2.10. The number of hydrogen-bond donors (Lipinski definition) is 0. The topological polar surface area (TPSA) is 52.8 Å². The average molecular weight is 310 g/mol. The Hall–Kier alpha value is -2.82. The summed E-state index contributed by atoms with van der Waals surface area (Å²) in [5, 5.41) is 0. The maximum Gasteiger partial charge on any atom is 0.339 e. The van der Waals surface area contributed by atoms with E-state index in [-0.39, 0.29) is 5.97 Å².